The highest BCUT2D eigenvalue weighted by molar-refractivity contribution is 5.76. The fraction of sp³-hybridized carbons (Fsp3) is 0.409. The van der Waals surface area contributed by atoms with Gasteiger partial charge in [-0.15, -0.1) is 0 Å². The highest BCUT2D eigenvalue weighted by atomic mass is 16.3. The zero-order valence-corrected chi connectivity index (χ0v) is 15.1. The predicted octanol–water partition coefficient (Wildman–Crippen LogP) is 3.61. The lowest BCUT2D eigenvalue weighted by Crippen LogP contribution is -2.45. The molecule has 3 heteroatoms. The molecule has 0 aromatic heterocycles. The smallest absolute Gasteiger partial charge is 0.222 e. The molecule has 1 saturated heterocycles. The molecule has 2 aromatic rings. The first-order chi connectivity index (χ1) is 12.0. The maximum absolute atomic E-state index is 12.6. The van der Waals surface area contributed by atoms with E-state index in [9.17, 15) is 9.90 Å². The van der Waals surface area contributed by atoms with E-state index in [0.29, 0.717) is 13.0 Å². The van der Waals surface area contributed by atoms with E-state index in [2.05, 4.69) is 44.2 Å². The molecule has 3 rings (SSSR count). The van der Waals surface area contributed by atoms with Crippen LogP contribution in [-0.2, 0) is 11.2 Å². The van der Waals surface area contributed by atoms with Crippen LogP contribution < -0.4 is 0 Å². The third-order valence-corrected chi connectivity index (χ3v) is 5.27. The topological polar surface area (TPSA) is 40.5 Å². The molecule has 2 aromatic carbocycles. The van der Waals surface area contributed by atoms with Gasteiger partial charge in [0, 0.05) is 25.4 Å². The van der Waals surface area contributed by atoms with Gasteiger partial charge >= 0.3 is 0 Å². The highest BCUT2D eigenvalue weighted by Crippen LogP contribution is 2.28. The van der Waals surface area contributed by atoms with Gasteiger partial charge in [-0.3, -0.25) is 4.79 Å². The standard InChI is InChI=1S/C22H27NO2/c1-16-8-9-18(17(2)14-16)10-11-22(25)23-13-12-20(21(24)15-23)19-6-4-3-5-7-19/h3-9,14,20-21,24H,10-13,15H2,1-2H3/t20-,21+/m0/s1. The first kappa shape index (κ1) is 17.7. The second-order valence-electron chi connectivity index (χ2n) is 7.14. The molecular formula is C22H27NO2. The van der Waals surface area contributed by atoms with Gasteiger partial charge in [-0.05, 0) is 43.4 Å². The summed E-state index contributed by atoms with van der Waals surface area (Å²) in [7, 11) is 0. The molecule has 1 amide bonds. The van der Waals surface area contributed by atoms with Crippen LogP contribution in [0.15, 0.2) is 48.5 Å². The minimum Gasteiger partial charge on any atom is -0.391 e. The number of aliphatic hydroxyl groups excluding tert-OH is 1. The van der Waals surface area contributed by atoms with Crippen LogP contribution in [0.1, 0.15) is 41.0 Å². The van der Waals surface area contributed by atoms with E-state index in [1.54, 1.807) is 0 Å². The Kier molecular flexibility index (Phi) is 5.54. The van der Waals surface area contributed by atoms with Crippen LogP contribution in [0.4, 0.5) is 0 Å². The highest BCUT2D eigenvalue weighted by Gasteiger charge is 2.30. The average Bonchev–Trinajstić information content (AvgIpc) is 2.61. The molecule has 0 saturated carbocycles. The van der Waals surface area contributed by atoms with Gasteiger partial charge in [0.05, 0.1) is 6.10 Å². The Morgan fingerprint density at radius 2 is 1.92 bits per heavy atom. The molecule has 0 bridgehead atoms. The van der Waals surface area contributed by atoms with Gasteiger partial charge in [-0.1, -0.05) is 54.1 Å². The summed E-state index contributed by atoms with van der Waals surface area (Å²) in [6.45, 7) is 5.34. The van der Waals surface area contributed by atoms with Crippen molar-refractivity contribution in [3.63, 3.8) is 0 Å². The summed E-state index contributed by atoms with van der Waals surface area (Å²) in [4.78, 5) is 14.4. The SMILES string of the molecule is Cc1ccc(CCC(=O)N2CC[C@@H](c3ccccc3)[C@H](O)C2)c(C)c1. The van der Waals surface area contributed by atoms with Crippen LogP contribution in [0.2, 0.25) is 0 Å². The number of benzene rings is 2. The summed E-state index contributed by atoms with van der Waals surface area (Å²) >= 11 is 0. The van der Waals surface area contributed by atoms with Crippen molar-refractivity contribution in [2.24, 2.45) is 0 Å². The second kappa shape index (κ2) is 7.83. The Labute approximate surface area is 150 Å². The van der Waals surface area contributed by atoms with Gasteiger partial charge in [0.1, 0.15) is 0 Å². The van der Waals surface area contributed by atoms with Gasteiger partial charge in [-0.2, -0.15) is 0 Å². The number of carbonyl (C=O) groups is 1. The number of rotatable bonds is 4. The maximum atomic E-state index is 12.6. The zero-order chi connectivity index (χ0) is 17.8. The van der Waals surface area contributed by atoms with Crippen LogP contribution in [0.5, 0.6) is 0 Å². The van der Waals surface area contributed by atoms with Crippen LogP contribution in [0, 0.1) is 13.8 Å². The second-order valence-corrected chi connectivity index (χ2v) is 7.14. The number of nitrogens with zero attached hydrogens (tertiary/aromatic N) is 1. The summed E-state index contributed by atoms with van der Waals surface area (Å²) in [6.07, 6.45) is 1.61. The van der Waals surface area contributed by atoms with Crippen molar-refractivity contribution in [1.29, 1.82) is 0 Å². The fourth-order valence-electron chi connectivity index (χ4n) is 3.77. The monoisotopic (exact) mass is 337 g/mol. The summed E-state index contributed by atoms with van der Waals surface area (Å²) in [5, 5.41) is 10.5. The number of β-amino-alcohol motifs (C(OH)–C–C–N with tert-alkyl or cyclic N) is 1. The van der Waals surface area contributed by atoms with E-state index in [0.717, 1.165) is 24.9 Å². The Morgan fingerprint density at radius 3 is 2.60 bits per heavy atom. The van der Waals surface area contributed by atoms with E-state index >= 15 is 0 Å². The van der Waals surface area contributed by atoms with Crippen LogP contribution in [0.25, 0.3) is 0 Å². The van der Waals surface area contributed by atoms with Gasteiger partial charge in [0.25, 0.3) is 0 Å². The first-order valence-electron chi connectivity index (χ1n) is 9.11. The van der Waals surface area contributed by atoms with Crippen molar-refractivity contribution in [3.05, 3.63) is 70.8 Å². The summed E-state index contributed by atoms with van der Waals surface area (Å²) < 4.78 is 0. The van der Waals surface area contributed by atoms with Gasteiger partial charge in [-0.25, -0.2) is 0 Å². The van der Waals surface area contributed by atoms with Crippen LogP contribution in [0.3, 0.4) is 0 Å². The largest absolute Gasteiger partial charge is 0.391 e. The molecule has 25 heavy (non-hydrogen) atoms. The number of aliphatic hydroxyl groups is 1. The molecule has 0 radical (unpaired) electrons. The molecule has 1 fully saturated rings. The first-order valence-corrected chi connectivity index (χ1v) is 9.11. The van der Waals surface area contributed by atoms with E-state index in [1.807, 2.05) is 23.1 Å². The third-order valence-electron chi connectivity index (χ3n) is 5.27. The van der Waals surface area contributed by atoms with Crippen LogP contribution >= 0.6 is 0 Å². The van der Waals surface area contributed by atoms with Crippen molar-refractivity contribution in [3.8, 4) is 0 Å². The normalized spacial score (nSPS) is 20.5. The van der Waals surface area contributed by atoms with Crippen molar-refractivity contribution < 1.29 is 9.90 Å². The fourth-order valence-corrected chi connectivity index (χ4v) is 3.77. The minimum atomic E-state index is -0.485. The molecule has 0 aliphatic carbocycles. The Balaban J connectivity index is 1.55. The average molecular weight is 337 g/mol. The predicted molar refractivity (Wildman–Crippen MR) is 101 cm³/mol. The zero-order valence-electron chi connectivity index (χ0n) is 15.1. The van der Waals surface area contributed by atoms with Gasteiger partial charge in [0.2, 0.25) is 5.91 Å². The van der Waals surface area contributed by atoms with Crippen molar-refractivity contribution in [1.82, 2.24) is 4.90 Å². The minimum absolute atomic E-state index is 0.129. The summed E-state index contributed by atoms with van der Waals surface area (Å²) in [5.74, 6) is 0.273. The van der Waals surface area contributed by atoms with Crippen molar-refractivity contribution in [2.45, 2.75) is 45.1 Å². The van der Waals surface area contributed by atoms with Crippen molar-refractivity contribution in [2.75, 3.05) is 13.1 Å². The van der Waals surface area contributed by atoms with Crippen LogP contribution in [-0.4, -0.2) is 35.1 Å². The molecule has 1 aliphatic heterocycles. The Morgan fingerprint density at radius 1 is 1.16 bits per heavy atom. The third kappa shape index (κ3) is 4.29. The lowest BCUT2D eigenvalue weighted by Gasteiger charge is -2.36. The molecule has 0 unspecified atom stereocenters. The molecule has 1 aliphatic rings. The number of hydrogen-bond acceptors (Lipinski definition) is 2. The summed E-state index contributed by atoms with van der Waals surface area (Å²) in [6, 6.07) is 16.5. The van der Waals surface area contributed by atoms with Gasteiger partial charge < -0.3 is 10.0 Å². The lowest BCUT2D eigenvalue weighted by molar-refractivity contribution is -0.134. The molecule has 2 atom stereocenters. The number of piperidine rings is 1. The van der Waals surface area contributed by atoms with E-state index in [1.165, 1.54) is 16.7 Å². The van der Waals surface area contributed by atoms with Crippen molar-refractivity contribution >= 4 is 5.91 Å². The van der Waals surface area contributed by atoms with E-state index in [4.69, 9.17) is 0 Å². The number of likely N-dealkylation sites (tertiary alicyclic amines) is 1. The molecular weight excluding hydrogens is 310 g/mol. The van der Waals surface area contributed by atoms with E-state index < -0.39 is 6.10 Å². The maximum Gasteiger partial charge on any atom is 0.222 e. The number of aryl methyl sites for hydroxylation is 3. The molecule has 1 N–H and O–H groups in total. The quantitative estimate of drug-likeness (QED) is 0.926. The number of hydrogen-bond donors (Lipinski definition) is 1. The molecule has 1 heterocycles. The lowest BCUT2D eigenvalue weighted by atomic mass is 9.87. The van der Waals surface area contributed by atoms with E-state index in [-0.39, 0.29) is 11.8 Å². The molecule has 3 nitrogen and oxygen atoms in total. The Bertz CT molecular complexity index is 726. The molecule has 132 valence electrons. The number of carbonyl (C=O) groups excluding carboxylic acids is 1. The number of amides is 1. The summed E-state index contributed by atoms with van der Waals surface area (Å²) in [5.41, 5.74) is 4.89. The van der Waals surface area contributed by atoms with Gasteiger partial charge in [0.15, 0.2) is 0 Å². The Hall–Kier alpha value is -2.13. The molecule has 0 spiro atoms.